The quantitative estimate of drug-likeness (QED) is 0.766. The first-order valence-electron chi connectivity index (χ1n) is 5.54. The average Bonchev–Trinajstić information content (AvgIpc) is 2.31. The number of hydrogen-bond acceptors (Lipinski definition) is 2. The third-order valence-electron chi connectivity index (χ3n) is 2.97. The lowest BCUT2D eigenvalue weighted by Gasteiger charge is -2.22. The number of carbonyl (C=O) groups is 1. The summed E-state index contributed by atoms with van der Waals surface area (Å²) in [6.45, 7) is 4.04. The molecule has 0 heterocycles. The van der Waals surface area contributed by atoms with Crippen LogP contribution >= 0.6 is 23.2 Å². The van der Waals surface area contributed by atoms with Gasteiger partial charge in [-0.05, 0) is 23.6 Å². The van der Waals surface area contributed by atoms with Crippen molar-refractivity contribution in [3.05, 3.63) is 33.8 Å². The van der Waals surface area contributed by atoms with Gasteiger partial charge in [-0.1, -0.05) is 49.5 Å². The number of halogens is 2. The molecule has 4 heteroatoms. The number of hydrogen-bond donors (Lipinski definition) is 0. The van der Waals surface area contributed by atoms with Crippen LogP contribution in [0.2, 0.25) is 10.0 Å². The summed E-state index contributed by atoms with van der Waals surface area (Å²) in [6, 6.07) is 5.18. The Labute approximate surface area is 112 Å². The minimum atomic E-state index is -0.338. The summed E-state index contributed by atoms with van der Waals surface area (Å²) in [4.78, 5) is 11.8. The molecule has 0 bridgehead atoms. The number of ether oxygens (including phenoxy) is 1. The van der Waals surface area contributed by atoms with Crippen LogP contribution in [0.4, 0.5) is 0 Å². The summed E-state index contributed by atoms with van der Waals surface area (Å²) in [5.41, 5.74) is 0.775. The normalized spacial score (nSPS) is 14.2. The first-order valence-corrected chi connectivity index (χ1v) is 6.29. The van der Waals surface area contributed by atoms with Gasteiger partial charge in [0.1, 0.15) is 0 Å². The maximum absolute atomic E-state index is 11.8. The van der Waals surface area contributed by atoms with Crippen LogP contribution in [-0.4, -0.2) is 13.1 Å². The van der Waals surface area contributed by atoms with Gasteiger partial charge in [-0.15, -0.1) is 0 Å². The lowest BCUT2D eigenvalue weighted by atomic mass is 9.85. The summed E-state index contributed by atoms with van der Waals surface area (Å²) in [7, 11) is 1.39. The van der Waals surface area contributed by atoms with E-state index in [1.807, 2.05) is 13.8 Å². The van der Waals surface area contributed by atoms with E-state index in [1.165, 1.54) is 7.11 Å². The van der Waals surface area contributed by atoms with Gasteiger partial charge in [-0.25, -0.2) is 0 Å². The molecular formula is C13H16Cl2O2. The predicted molar refractivity (Wildman–Crippen MR) is 70.7 cm³/mol. The van der Waals surface area contributed by atoms with Gasteiger partial charge in [0.25, 0.3) is 0 Å². The minimum Gasteiger partial charge on any atom is -0.469 e. The molecule has 2 atom stereocenters. The minimum absolute atomic E-state index is 0.168. The molecule has 0 N–H and O–H groups in total. The molecule has 0 fully saturated rings. The van der Waals surface area contributed by atoms with Crippen LogP contribution in [0.5, 0.6) is 0 Å². The summed E-state index contributed by atoms with van der Waals surface area (Å²) in [5.74, 6) is -0.431. The van der Waals surface area contributed by atoms with Gasteiger partial charge in [0.2, 0.25) is 0 Å². The highest BCUT2D eigenvalue weighted by molar-refractivity contribution is 6.35. The first-order chi connectivity index (χ1) is 8.01. The highest BCUT2D eigenvalue weighted by atomic mass is 35.5. The zero-order valence-corrected chi connectivity index (χ0v) is 11.7. The Bertz CT molecular complexity index is 404. The molecule has 0 spiro atoms. The van der Waals surface area contributed by atoms with Crippen LogP contribution in [0.15, 0.2) is 18.2 Å². The number of rotatable bonds is 4. The lowest BCUT2D eigenvalue weighted by molar-refractivity contribution is -0.143. The zero-order chi connectivity index (χ0) is 13.0. The smallest absolute Gasteiger partial charge is 0.313 e. The van der Waals surface area contributed by atoms with E-state index in [0.29, 0.717) is 10.0 Å². The second-order valence-corrected chi connectivity index (χ2v) is 4.90. The van der Waals surface area contributed by atoms with Crippen LogP contribution in [0.3, 0.4) is 0 Å². The number of carbonyl (C=O) groups excluding carboxylic acids is 1. The van der Waals surface area contributed by atoms with E-state index in [1.54, 1.807) is 18.2 Å². The van der Waals surface area contributed by atoms with Gasteiger partial charge < -0.3 is 4.74 Å². The summed E-state index contributed by atoms with van der Waals surface area (Å²) >= 11 is 12.0. The lowest BCUT2D eigenvalue weighted by Crippen LogP contribution is -2.21. The summed E-state index contributed by atoms with van der Waals surface area (Å²) < 4.78 is 4.84. The molecule has 0 aliphatic rings. The van der Waals surface area contributed by atoms with Crippen molar-refractivity contribution in [1.29, 1.82) is 0 Å². The largest absolute Gasteiger partial charge is 0.469 e. The van der Waals surface area contributed by atoms with E-state index < -0.39 is 0 Å². The molecule has 0 amide bonds. The Morgan fingerprint density at radius 2 is 2.06 bits per heavy atom. The predicted octanol–water partition coefficient (Wildman–Crippen LogP) is 4.30. The average molecular weight is 275 g/mol. The third kappa shape index (κ3) is 3.36. The van der Waals surface area contributed by atoms with Crippen LogP contribution in [0.1, 0.15) is 31.7 Å². The molecule has 0 saturated carbocycles. The van der Waals surface area contributed by atoms with Crippen molar-refractivity contribution in [3.8, 4) is 0 Å². The Morgan fingerprint density at radius 3 is 2.53 bits per heavy atom. The number of esters is 1. The van der Waals surface area contributed by atoms with Crippen LogP contribution in [-0.2, 0) is 9.53 Å². The van der Waals surface area contributed by atoms with Gasteiger partial charge in [0.15, 0.2) is 0 Å². The Hall–Kier alpha value is -0.730. The Kier molecular flexibility index (Phi) is 5.29. The maximum atomic E-state index is 11.8. The van der Waals surface area contributed by atoms with Crippen molar-refractivity contribution < 1.29 is 9.53 Å². The molecule has 1 rings (SSSR count). The fourth-order valence-electron chi connectivity index (χ4n) is 1.78. The van der Waals surface area contributed by atoms with Gasteiger partial charge in [0, 0.05) is 10.0 Å². The molecule has 2 nitrogen and oxygen atoms in total. The third-order valence-corrected chi connectivity index (χ3v) is 3.53. The van der Waals surface area contributed by atoms with E-state index in [9.17, 15) is 4.79 Å². The monoisotopic (exact) mass is 274 g/mol. The highest BCUT2D eigenvalue weighted by Gasteiger charge is 2.28. The summed E-state index contributed by atoms with van der Waals surface area (Å²) in [5, 5.41) is 1.07. The molecule has 0 aliphatic heterocycles. The SMILES string of the molecule is CCC(C)C(C(=O)OC)c1ccc(Cl)cc1Cl. The van der Waals surface area contributed by atoms with Crippen molar-refractivity contribution in [1.82, 2.24) is 0 Å². The molecule has 1 aromatic carbocycles. The van der Waals surface area contributed by atoms with Crippen molar-refractivity contribution in [2.75, 3.05) is 7.11 Å². The Morgan fingerprint density at radius 1 is 1.41 bits per heavy atom. The molecular weight excluding hydrogens is 259 g/mol. The van der Waals surface area contributed by atoms with Gasteiger partial charge in [-0.2, -0.15) is 0 Å². The molecule has 94 valence electrons. The molecule has 2 unspecified atom stereocenters. The molecule has 0 aliphatic carbocycles. The second kappa shape index (κ2) is 6.27. The fourth-order valence-corrected chi connectivity index (χ4v) is 2.31. The molecule has 0 aromatic heterocycles. The Balaban J connectivity index is 3.17. The fraction of sp³-hybridized carbons (Fsp3) is 0.462. The van der Waals surface area contributed by atoms with E-state index >= 15 is 0 Å². The van der Waals surface area contributed by atoms with E-state index in [0.717, 1.165) is 12.0 Å². The molecule has 1 aromatic rings. The van der Waals surface area contributed by atoms with Crippen LogP contribution in [0, 0.1) is 5.92 Å². The number of benzene rings is 1. The van der Waals surface area contributed by atoms with Gasteiger partial charge >= 0.3 is 5.97 Å². The standard InChI is InChI=1S/C13H16Cl2O2/c1-4-8(2)12(13(16)17-3)10-6-5-9(14)7-11(10)15/h5-8,12H,4H2,1-3H3. The molecule has 17 heavy (non-hydrogen) atoms. The van der Waals surface area contributed by atoms with Crippen molar-refractivity contribution >= 4 is 29.2 Å². The van der Waals surface area contributed by atoms with Gasteiger partial charge in [-0.3, -0.25) is 4.79 Å². The highest BCUT2D eigenvalue weighted by Crippen LogP contribution is 2.34. The van der Waals surface area contributed by atoms with E-state index in [2.05, 4.69) is 0 Å². The maximum Gasteiger partial charge on any atom is 0.313 e. The van der Waals surface area contributed by atoms with E-state index in [4.69, 9.17) is 27.9 Å². The van der Waals surface area contributed by atoms with Crippen molar-refractivity contribution in [2.24, 2.45) is 5.92 Å². The van der Waals surface area contributed by atoms with Gasteiger partial charge in [0.05, 0.1) is 13.0 Å². The van der Waals surface area contributed by atoms with Crippen molar-refractivity contribution in [3.63, 3.8) is 0 Å². The zero-order valence-electron chi connectivity index (χ0n) is 10.2. The van der Waals surface area contributed by atoms with E-state index in [-0.39, 0.29) is 17.8 Å². The van der Waals surface area contributed by atoms with Crippen LogP contribution in [0.25, 0.3) is 0 Å². The molecule has 0 radical (unpaired) electrons. The molecule has 0 saturated heterocycles. The first kappa shape index (κ1) is 14.3. The van der Waals surface area contributed by atoms with Crippen LogP contribution < -0.4 is 0 Å². The summed E-state index contributed by atoms with van der Waals surface area (Å²) in [6.07, 6.45) is 0.874. The topological polar surface area (TPSA) is 26.3 Å². The number of methoxy groups -OCH3 is 1. The van der Waals surface area contributed by atoms with Crippen molar-refractivity contribution in [2.45, 2.75) is 26.2 Å². The second-order valence-electron chi connectivity index (χ2n) is 4.05.